The summed E-state index contributed by atoms with van der Waals surface area (Å²) in [6.07, 6.45) is 4.93. The van der Waals surface area contributed by atoms with Crippen LogP contribution in [0.15, 0.2) is 42.6 Å². The van der Waals surface area contributed by atoms with Crippen LogP contribution in [0, 0.1) is 5.92 Å². The number of fused-ring (bicyclic) bond motifs is 1. The summed E-state index contributed by atoms with van der Waals surface area (Å²) in [5.74, 6) is 0.647. The van der Waals surface area contributed by atoms with E-state index < -0.39 is 0 Å². The standard InChI is InChI=1S/C22H25ClN4O/c1-3-19-21(27-13-10-16(23)14-20(27)25-19)22(28)24-17-4-6-18(7-5-17)26-11-8-15(2)9-12-26/h4-7,10,13-15H,3,8-9,11-12H2,1-2H3,(H,24,28). The van der Waals surface area contributed by atoms with E-state index >= 15 is 0 Å². The van der Waals surface area contributed by atoms with Gasteiger partial charge in [0.2, 0.25) is 0 Å². The fourth-order valence-corrected chi connectivity index (χ4v) is 3.92. The summed E-state index contributed by atoms with van der Waals surface area (Å²) in [7, 11) is 0. The number of aryl methyl sites for hydroxylation is 1. The summed E-state index contributed by atoms with van der Waals surface area (Å²) < 4.78 is 1.79. The number of aromatic nitrogens is 2. The predicted molar refractivity (Wildman–Crippen MR) is 115 cm³/mol. The third-order valence-electron chi connectivity index (χ3n) is 5.48. The number of halogens is 1. The van der Waals surface area contributed by atoms with E-state index in [1.807, 2.05) is 19.1 Å². The van der Waals surface area contributed by atoms with Crippen molar-refractivity contribution in [3.05, 3.63) is 59.0 Å². The molecule has 0 saturated carbocycles. The number of nitrogens with zero attached hydrogens (tertiary/aromatic N) is 3. The van der Waals surface area contributed by atoms with E-state index in [1.165, 1.54) is 18.5 Å². The molecule has 2 aromatic heterocycles. The normalized spacial score (nSPS) is 15.2. The molecule has 1 aliphatic heterocycles. The van der Waals surface area contributed by atoms with Crippen molar-refractivity contribution < 1.29 is 4.79 Å². The molecule has 1 amide bonds. The lowest BCUT2D eigenvalue weighted by Gasteiger charge is -2.32. The molecule has 0 atom stereocenters. The highest BCUT2D eigenvalue weighted by atomic mass is 35.5. The van der Waals surface area contributed by atoms with Gasteiger partial charge < -0.3 is 10.2 Å². The molecule has 146 valence electrons. The van der Waals surface area contributed by atoms with E-state index in [4.69, 9.17) is 11.6 Å². The Bertz CT molecular complexity index is 988. The van der Waals surface area contributed by atoms with Crippen LogP contribution in [0.2, 0.25) is 5.02 Å². The minimum atomic E-state index is -0.161. The highest BCUT2D eigenvalue weighted by Gasteiger charge is 2.19. The zero-order valence-corrected chi connectivity index (χ0v) is 17.0. The van der Waals surface area contributed by atoms with E-state index in [9.17, 15) is 4.79 Å². The highest BCUT2D eigenvalue weighted by molar-refractivity contribution is 6.30. The van der Waals surface area contributed by atoms with Crippen LogP contribution in [0.5, 0.6) is 0 Å². The quantitative estimate of drug-likeness (QED) is 0.672. The second-order valence-corrected chi connectivity index (χ2v) is 7.94. The molecule has 1 fully saturated rings. The molecule has 0 unspecified atom stereocenters. The van der Waals surface area contributed by atoms with Gasteiger partial charge in [-0.05, 0) is 55.5 Å². The molecule has 1 N–H and O–H groups in total. The maximum absolute atomic E-state index is 13.0. The van der Waals surface area contributed by atoms with Gasteiger partial charge in [0.05, 0.1) is 5.69 Å². The number of imidazole rings is 1. The maximum atomic E-state index is 13.0. The number of carbonyl (C=O) groups is 1. The largest absolute Gasteiger partial charge is 0.372 e. The van der Waals surface area contributed by atoms with Gasteiger partial charge in [0.1, 0.15) is 11.3 Å². The zero-order chi connectivity index (χ0) is 19.7. The summed E-state index contributed by atoms with van der Waals surface area (Å²) in [6, 6.07) is 11.6. The number of rotatable bonds is 4. The summed E-state index contributed by atoms with van der Waals surface area (Å²) in [4.78, 5) is 19.9. The first-order valence-electron chi connectivity index (χ1n) is 9.88. The molecule has 4 rings (SSSR count). The molecule has 28 heavy (non-hydrogen) atoms. The van der Waals surface area contributed by atoms with Crippen molar-refractivity contribution in [2.75, 3.05) is 23.3 Å². The second-order valence-electron chi connectivity index (χ2n) is 7.50. The number of nitrogens with one attached hydrogen (secondary N) is 1. The van der Waals surface area contributed by atoms with Crippen LogP contribution in [0.25, 0.3) is 5.65 Å². The van der Waals surface area contributed by atoms with Crippen molar-refractivity contribution in [2.45, 2.75) is 33.1 Å². The lowest BCUT2D eigenvalue weighted by atomic mass is 9.99. The third kappa shape index (κ3) is 3.72. The van der Waals surface area contributed by atoms with Crippen molar-refractivity contribution in [3.8, 4) is 0 Å². The number of amides is 1. The van der Waals surface area contributed by atoms with E-state index in [2.05, 4.69) is 34.3 Å². The molecule has 0 radical (unpaired) electrons. The van der Waals surface area contributed by atoms with Gasteiger partial charge in [0.15, 0.2) is 0 Å². The molecule has 5 nitrogen and oxygen atoms in total. The van der Waals surface area contributed by atoms with Crippen LogP contribution in [0.3, 0.4) is 0 Å². The van der Waals surface area contributed by atoms with Gasteiger partial charge >= 0.3 is 0 Å². The van der Waals surface area contributed by atoms with Crippen molar-refractivity contribution in [3.63, 3.8) is 0 Å². The molecule has 3 aromatic rings. The van der Waals surface area contributed by atoms with Gasteiger partial charge in [-0.2, -0.15) is 0 Å². The lowest BCUT2D eigenvalue weighted by Crippen LogP contribution is -2.32. The Labute approximate surface area is 170 Å². The highest BCUT2D eigenvalue weighted by Crippen LogP contribution is 2.25. The SMILES string of the molecule is CCc1nc2cc(Cl)ccn2c1C(=O)Nc1ccc(N2CCC(C)CC2)cc1. The number of hydrogen-bond donors (Lipinski definition) is 1. The lowest BCUT2D eigenvalue weighted by molar-refractivity contribution is 0.102. The molecule has 0 bridgehead atoms. The first kappa shape index (κ1) is 18.8. The van der Waals surface area contributed by atoms with E-state index in [0.717, 1.165) is 30.4 Å². The summed E-state index contributed by atoms with van der Waals surface area (Å²) in [5.41, 5.74) is 4.00. The van der Waals surface area contributed by atoms with Crippen LogP contribution < -0.4 is 10.2 Å². The topological polar surface area (TPSA) is 49.6 Å². The number of anilines is 2. The van der Waals surface area contributed by atoms with Gasteiger partial charge in [-0.3, -0.25) is 9.20 Å². The monoisotopic (exact) mass is 396 g/mol. The average Bonchev–Trinajstić information content (AvgIpc) is 3.07. The number of hydrogen-bond acceptors (Lipinski definition) is 3. The zero-order valence-electron chi connectivity index (χ0n) is 16.3. The Morgan fingerprint density at radius 3 is 2.61 bits per heavy atom. The second kappa shape index (κ2) is 7.84. The van der Waals surface area contributed by atoms with Gasteiger partial charge in [-0.25, -0.2) is 4.98 Å². The Morgan fingerprint density at radius 1 is 1.21 bits per heavy atom. The van der Waals surface area contributed by atoms with Crippen molar-refractivity contribution in [2.24, 2.45) is 5.92 Å². The minimum absolute atomic E-state index is 0.161. The Hall–Kier alpha value is -2.53. The summed E-state index contributed by atoms with van der Waals surface area (Å²) in [6.45, 7) is 6.50. The van der Waals surface area contributed by atoms with E-state index in [-0.39, 0.29) is 5.91 Å². The first-order chi connectivity index (χ1) is 13.5. The maximum Gasteiger partial charge on any atom is 0.274 e. The smallest absolute Gasteiger partial charge is 0.274 e. The molecule has 1 saturated heterocycles. The number of carbonyl (C=O) groups excluding carboxylic acids is 1. The van der Waals surface area contributed by atoms with Crippen LogP contribution in [-0.2, 0) is 6.42 Å². The van der Waals surface area contributed by atoms with Crippen molar-refractivity contribution in [1.82, 2.24) is 9.38 Å². The molecular formula is C22H25ClN4O. The molecule has 6 heteroatoms. The van der Waals surface area contributed by atoms with Crippen molar-refractivity contribution in [1.29, 1.82) is 0 Å². The molecule has 0 aliphatic carbocycles. The fourth-order valence-electron chi connectivity index (χ4n) is 3.77. The van der Waals surface area contributed by atoms with Crippen LogP contribution >= 0.6 is 11.6 Å². The Balaban J connectivity index is 1.53. The fraction of sp³-hybridized carbons (Fsp3) is 0.364. The number of piperidine rings is 1. The van der Waals surface area contributed by atoms with Crippen LogP contribution in [0.4, 0.5) is 11.4 Å². The van der Waals surface area contributed by atoms with E-state index in [0.29, 0.717) is 22.8 Å². The summed E-state index contributed by atoms with van der Waals surface area (Å²) >= 11 is 6.06. The minimum Gasteiger partial charge on any atom is -0.372 e. The van der Waals surface area contributed by atoms with Gasteiger partial charge in [-0.1, -0.05) is 25.4 Å². The van der Waals surface area contributed by atoms with Gasteiger partial charge in [-0.15, -0.1) is 0 Å². The van der Waals surface area contributed by atoms with Gasteiger partial charge in [0.25, 0.3) is 5.91 Å². The van der Waals surface area contributed by atoms with Crippen LogP contribution in [-0.4, -0.2) is 28.4 Å². The Morgan fingerprint density at radius 2 is 1.93 bits per heavy atom. The molecule has 0 spiro atoms. The number of benzene rings is 1. The predicted octanol–water partition coefficient (Wildman–Crippen LogP) is 5.04. The third-order valence-corrected chi connectivity index (χ3v) is 5.72. The molecule has 1 aromatic carbocycles. The molecular weight excluding hydrogens is 372 g/mol. The van der Waals surface area contributed by atoms with E-state index in [1.54, 1.807) is 22.7 Å². The Kier molecular flexibility index (Phi) is 5.27. The molecule has 1 aliphatic rings. The molecule has 3 heterocycles. The summed E-state index contributed by atoms with van der Waals surface area (Å²) in [5, 5.41) is 3.62. The van der Waals surface area contributed by atoms with Crippen molar-refractivity contribution >= 4 is 34.5 Å². The average molecular weight is 397 g/mol. The first-order valence-corrected chi connectivity index (χ1v) is 10.3. The van der Waals surface area contributed by atoms with Crippen LogP contribution in [0.1, 0.15) is 42.9 Å². The van der Waals surface area contributed by atoms with Gasteiger partial charge in [0, 0.05) is 41.8 Å². The number of pyridine rings is 1.